The number of methoxy groups -OCH3 is 1. The highest BCUT2D eigenvalue weighted by atomic mass is 16.5. The number of para-hydroxylation sites is 2. The van der Waals surface area contributed by atoms with Gasteiger partial charge in [-0.05, 0) is 43.0 Å². The summed E-state index contributed by atoms with van der Waals surface area (Å²) in [5.41, 5.74) is 4.08. The van der Waals surface area contributed by atoms with Crippen LogP contribution in [-0.2, 0) is 11.2 Å². The van der Waals surface area contributed by atoms with Crippen LogP contribution >= 0.6 is 0 Å². The molecule has 1 amide bonds. The fourth-order valence-electron chi connectivity index (χ4n) is 3.12. The van der Waals surface area contributed by atoms with Crippen LogP contribution in [0.4, 0.5) is 5.69 Å². The van der Waals surface area contributed by atoms with Gasteiger partial charge >= 0.3 is 0 Å². The van der Waals surface area contributed by atoms with Crippen molar-refractivity contribution >= 4 is 11.6 Å². The first kappa shape index (κ1) is 15.4. The lowest BCUT2D eigenvalue weighted by molar-refractivity contribution is -0.117. The van der Waals surface area contributed by atoms with Crippen LogP contribution in [-0.4, -0.2) is 19.6 Å². The maximum absolute atomic E-state index is 12.4. The van der Waals surface area contributed by atoms with Crippen molar-refractivity contribution in [2.45, 2.75) is 26.2 Å². The number of ether oxygens (including phenoxy) is 2. The summed E-state index contributed by atoms with van der Waals surface area (Å²) in [7, 11) is 1.63. The summed E-state index contributed by atoms with van der Waals surface area (Å²) in [5, 5.41) is 3.01. The Balaban J connectivity index is 1.97. The molecule has 0 spiro atoms. The van der Waals surface area contributed by atoms with Crippen molar-refractivity contribution in [1.29, 1.82) is 0 Å². The van der Waals surface area contributed by atoms with Gasteiger partial charge in [0, 0.05) is 5.69 Å². The molecule has 0 unspecified atom stereocenters. The first-order valence-corrected chi connectivity index (χ1v) is 7.84. The molecule has 120 valence electrons. The smallest absolute Gasteiger partial charge is 0.232 e. The van der Waals surface area contributed by atoms with Gasteiger partial charge in [0.1, 0.15) is 0 Å². The number of carbonyl (C=O) groups excluding carboxylic acids is 1. The molecule has 0 saturated heterocycles. The number of hydrogen-bond donors (Lipinski definition) is 1. The summed E-state index contributed by atoms with van der Waals surface area (Å²) in [6.45, 7) is 4.51. The van der Waals surface area contributed by atoms with Crippen molar-refractivity contribution in [3.63, 3.8) is 0 Å². The first-order chi connectivity index (χ1) is 11.2. The zero-order chi connectivity index (χ0) is 16.4. The number of benzene rings is 2. The fourth-order valence-corrected chi connectivity index (χ4v) is 3.12. The molecule has 0 aliphatic carbocycles. The molecular formula is C19H21NO3. The normalized spacial score (nSPS) is 16.0. The van der Waals surface area contributed by atoms with E-state index in [1.165, 1.54) is 0 Å². The zero-order valence-electron chi connectivity index (χ0n) is 13.7. The van der Waals surface area contributed by atoms with Crippen LogP contribution in [0.1, 0.15) is 29.5 Å². The lowest BCUT2D eigenvalue weighted by atomic mass is 9.92. The van der Waals surface area contributed by atoms with E-state index in [2.05, 4.69) is 5.32 Å². The molecule has 0 bridgehead atoms. The minimum Gasteiger partial charge on any atom is -0.493 e. The minimum absolute atomic E-state index is 0.0413. The molecule has 23 heavy (non-hydrogen) atoms. The van der Waals surface area contributed by atoms with Gasteiger partial charge in [-0.25, -0.2) is 0 Å². The molecule has 1 aliphatic heterocycles. The largest absolute Gasteiger partial charge is 0.493 e. The number of amides is 1. The number of rotatable bonds is 5. The standard InChI is InChI=1S/C19H21NO3/c1-4-23-18-13(8-6-10-16(18)22-3)11-15-14-9-5-7-12(2)17(14)20-19(15)21/h5-10,15H,4,11H2,1-3H3,(H,20,21)/t15-/m1/s1. The SMILES string of the molecule is CCOc1c(C[C@H]2C(=O)Nc3c(C)cccc32)cccc1OC. The predicted octanol–water partition coefficient (Wildman–Crippen LogP) is 3.68. The number of carbonyl (C=O) groups is 1. The highest BCUT2D eigenvalue weighted by molar-refractivity contribution is 6.03. The molecule has 1 aliphatic rings. The average Bonchev–Trinajstić information content (AvgIpc) is 2.87. The van der Waals surface area contributed by atoms with Gasteiger partial charge in [-0.1, -0.05) is 30.3 Å². The Morgan fingerprint density at radius 2 is 1.96 bits per heavy atom. The van der Waals surface area contributed by atoms with Crippen molar-refractivity contribution in [3.05, 3.63) is 53.1 Å². The number of nitrogens with one attached hydrogen (secondary N) is 1. The van der Waals surface area contributed by atoms with Crippen LogP contribution in [0.3, 0.4) is 0 Å². The van der Waals surface area contributed by atoms with Crippen LogP contribution in [0.15, 0.2) is 36.4 Å². The molecule has 3 rings (SSSR count). The average molecular weight is 311 g/mol. The molecule has 4 nitrogen and oxygen atoms in total. The summed E-state index contributed by atoms with van der Waals surface area (Å²) in [5.74, 6) is 1.27. The third-order valence-corrected chi connectivity index (χ3v) is 4.24. The van der Waals surface area contributed by atoms with Crippen molar-refractivity contribution in [2.75, 3.05) is 19.0 Å². The second-order valence-electron chi connectivity index (χ2n) is 5.67. The molecular weight excluding hydrogens is 290 g/mol. The number of aryl methyl sites for hydroxylation is 1. The summed E-state index contributed by atoms with van der Waals surface area (Å²) in [6, 6.07) is 11.8. The highest BCUT2D eigenvalue weighted by Gasteiger charge is 2.32. The zero-order valence-corrected chi connectivity index (χ0v) is 13.7. The van der Waals surface area contributed by atoms with E-state index in [1.807, 2.05) is 50.2 Å². The molecule has 1 N–H and O–H groups in total. The Morgan fingerprint density at radius 3 is 2.70 bits per heavy atom. The Kier molecular flexibility index (Phi) is 4.24. The van der Waals surface area contributed by atoms with Gasteiger partial charge < -0.3 is 14.8 Å². The molecule has 0 radical (unpaired) electrons. The molecule has 1 atom stereocenters. The van der Waals surface area contributed by atoms with Crippen molar-refractivity contribution in [1.82, 2.24) is 0 Å². The van der Waals surface area contributed by atoms with Crippen molar-refractivity contribution < 1.29 is 14.3 Å². The van der Waals surface area contributed by atoms with Crippen molar-refractivity contribution in [3.8, 4) is 11.5 Å². The monoisotopic (exact) mass is 311 g/mol. The molecule has 2 aromatic rings. The maximum Gasteiger partial charge on any atom is 0.232 e. The van der Waals surface area contributed by atoms with Crippen molar-refractivity contribution in [2.24, 2.45) is 0 Å². The van der Waals surface area contributed by atoms with Gasteiger partial charge in [0.05, 0.1) is 19.6 Å². The number of fused-ring (bicyclic) bond motifs is 1. The van der Waals surface area contributed by atoms with Gasteiger partial charge in [-0.2, -0.15) is 0 Å². The number of anilines is 1. The highest BCUT2D eigenvalue weighted by Crippen LogP contribution is 2.40. The summed E-state index contributed by atoms with van der Waals surface area (Å²) >= 11 is 0. The van der Waals surface area contributed by atoms with Gasteiger partial charge in [-0.15, -0.1) is 0 Å². The summed E-state index contributed by atoms with van der Waals surface area (Å²) in [6.07, 6.45) is 0.592. The van der Waals surface area contributed by atoms with E-state index in [0.29, 0.717) is 18.8 Å². The van der Waals surface area contributed by atoms with E-state index in [-0.39, 0.29) is 11.8 Å². The van der Waals surface area contributed by atoms with E-state index in [1.54, 1.807) is 7.11 Å². The van der Waals surface area contributed by atoms with E-state index < -0.39 is 0 Å². The third kappa shape index (κ3) is 2.77. The van der Waals surface area contributed by atoms with E-state index in [0.717, 1.165) is 28.1 Å². The van der Waals surface area contributed by atoms with Gasteiger partial charge in [0.25, 0.3) is 0 Å². The first-order valence-electron chi connectivity index (χ1n) is 7.84. The van der Waals surface area contributed by atoms with Crippen LogP contribution < -0.4 is 14.8 Å². The number of hydrogen-bond acceptors (Lipinski definition) is 3. The fraction of sp³-hybridized carbons (Fsp3) is 0.316. The van der Waals surface area contributed by atoms with Crippen LogP contribution in [0.5, 0.6) is 11.5 Å². The second-order valence-corrected chi connectivity index (χ2v) is 5.67. The summed E-state index contributed by atoms with van der Waals surface area (Å²) in [4.78, 5) is 12.4. The van der Waals surface area contributed by atoms with Crippen LogP contribution in [0, 0.1) is 6.92 Å². The molecule has 4 heteroatoms. The lowest BCUT2D eigenvalue weighted by Crippen LogP contribution is -2.15. The van der Waals surface area contributed by atoms with Gasteiger partial charge in [0.2, 0.25) is 5.91 Å². The van der Waals surface area contributed by atoms with Crippen LogP contribution in [0.25, 0.3) is 0 Å². The lowest BCUT2D eigenvalue weighted by Gasteiger charge is -2.16. The molecule has 0 fully saturated rings. The Hall–Kier alpha value is -2.49. The van der Waals surface area contributed by atoms with E-state index >= 15 is 0 Å². The topological polar surface area (TPSA) is 47.6 Å². The minimum atomic E-state index is -0.198. The maximum atomic E-state index is 12.4. The van der Waals surface area contributed by atoms with E-state index in [4.69, 9.17) is 9.47 Å². The molecule has 1 heterocycles. The molecule has 0 saturated carbocycles. The quantitative estimate of drug-likeness (QED) is 0.916. The Labute approximate surface area is 136 Å². The van der Waals surface area contributed by atoms with Crippen LogP contribution in [0.2, 0.25) is 0 Å². The van der Waals surface area contributed by atoms with Gasteiger partial charge in [-0.3, -0.25) is 4.79 Å². The summed E-state index contributed by atoms with van der Waals surface area (Å²) < 4.78 is 11.2. The predicted molar refractivity (Wildman–Crippen MR) is 90.4 cm³/mol. The van der Waals surface area contributed by atoms with Gasteiger partial charge in [0.15, 0.2) is 11.5 Å². The second kappa shape index (κ2) is 6.32. The molecule has 2 aromatic carbocycles. The van der Waals surface area contributed by atoms with E-state index in [9.17, 15) is 4.79 Å². The Morgan fingerprint density at radius 1 is 1.17 bits per heavy atom. The third-order valence-electron chi connectivity index (χ3n) is 4.24. The Bertz CT molecular complexity index is 739. The molecule has 0 aromatic heterocycles.